The molecule has 0 saturated carbocycles. The molecule has 166 valence electrons. The van der Waals surface area contributed by atoms with E-state index in [2.05, 4.69) is 14.8 Å². The summed E-state index contributed by atoms with van der Waals surface area (Å²) in [5.41, 5.74) is 1.93. The number of carbonyl (C=O) groups excluding carboxylic acids is 1. The van der Waals surface area contributed by atoms with Gasteiger partial charge in [-0.2, -0.15) is 0 Å². The van der Waals surface area contributed by atoms with Crippen molar-refractivity contribution in [3.8, 4) is 28.4 Å². The van der Waals surface area contributed by atoms with Gasteiger partial charge in [0.15, 0.2) is 5.75 Å². The molecule has 0 aromatic heterocycles. The number of amides is 1. The molecule has 0 radical (unpaired) electrons. The minimum atomic E-state index is -4.88. The number of alkyl halides is 3. The topological polar surface area (TPSA) is 93.7 Å². The molecule has 0 spiro atoms. The summed E-state index contributed by atoms with van der Waals surface area (Å²) in [4.78, 5) is 12.6. The van der Waals surface area contributed by atoms with Crippen molar-refractivity contribution in [3.63, 3.8) is 0 Å². The number of benzene rings is 3. The SMILES string of the molecule is CS(=O)(=O)Nc1cccc(-c2ccc3c(c2)Oc2cc(OC(F)(F)F)ccc2NC3=O)c1. The number of hydrogen-bond donors (Lipinski definition) is 2. The molecule has 1 amide bonds. The lowest BCUT2D eigenvalue weighted by Gasteiger charge is -2.13. The van der Waals surface area contributed by atoms with E-state index in [0.717, 1.165) is 18.4 Å². The van der Waals surface area contributed by atoms with Gasteiger partial charge in [0.05, 0.1) is 17.5 Å². The summed E-state index contributed by atoms with van der Waals surface area (Å²) in [5, 5.41) is 2.59. The van der Waals surface area contributed by atoms with Gasteiger partial charge in [-0.3, -0.25) is 9.52 Å². The van der Waals surface area contributed by atoms with Crippen molar-refractivity contribution in [1.29, 1.82) is 0 Å². The highest BCUT2D eigenvalue weighted by molar-refractivity contribution is 7.92. The number of sulfonamides is 1. The molecule has 0 aliphatic carbocycles. The number of ether oxygens (including phenoxy) is 2. The van der Waals surface area contributed by atoms with E-state index in [0.29, 0.717) is 16.8 Å². The monoisotopic (exact) mass is 464 g/mol. The van der Waals surface area contributed by atoms with E-state index in [1.807, 2.05) is 0 Å². The van der Waals surface area contributed by atoms with Crippen LogP contribution in [0.25, 0.3) is 11.1 Å². The molecule has 1 heterocycles. The first-order chi connectivity index (χ1) is 15.0. The van der Waals surface area contributed by atoms with Crippen LogP contribution in [0.2, 0.25) is 0 Å². The van der Waals surface area contributed by atoms with Gasteiger partial charge < -0.3 is 14.8 Å². The Morgan fingerprint density at radius 2 is 1.72 bits per heavy atom. The molecule has 4 rings (SSSR count). The van der Waals surface area contributed by atoms with Gasteiger partial charge >= 0.3 is 6.36 Å². The Labute approximate surface area is 180 Å². The van der Waals surface area contributed by atoms with Gasteiger partial charge in [-0.1, -0.05) is 18.2 Å². The summed E-state index contributed by atoms with van der Waals surface area (Å²) in [6.07, 6.45) is -3.85. The van der Waals surface area contributed by atoms with Crippen LogP contribution in [0.5, 0.6) is 17.2 Å². The van der Waals surface area contributed by atoms with E-state index in [9.17, 15) is 26.4 Å². The smallest absolute Gasteiger partial charge is 0.454 e. The Bertz CT molecular complexity index is 1320. The van der Waals surface area contributed by atoms with Crippen LogP contribution < -0.4 is 19.5 Å². The maximum Gasteiger partial charge on any atom is 0.573 e. The molecule has 1 aliphatic heterocycles. The van der Waals surface area contributed by atoms with Crippen LogP contribution in [0, 0.1) is 0 Å². The lowest BCUT2D eigenvalue weighted by molar-refractivity contribution is -0.274. The van der Waals surface area contributed by atoms with Gasteiger partial charge in [-0.15, -0.1) is 13.2 Å². The molecule has 32 heavy (non-hydrogen) atoms. The number of anilines is 2. The molecule has 0 fully saturated rings. The Hall–Kier alpha value is -3.73. The third-order valence-electron chi connectivity index (χ3n) is 4.38. The number of fused-ring (bicyclic) bond motifs is 2. The molecule has 7 nitrogen and oxygen atoms in total. The van der Waals surface area contributed by atoms with Crippen LogP contribution >= 0.6 is 0 Å². The van der Waals surface area contributed by atoms with Crippen molar-refractivity contribution in [1.82, 2.24) is 0 Å². The van der Waals surface area contributed by atoms with Crippen LogP contribution in [-0.4, -0.2) is 26.9 Å². The van der Waals surface area contributed by atoms with Gasteiger partial charge in [0.2, 0.25) is 10.0 Å². The van der Waals surface area contributed by atoms with Crippen molar-refractivity contribution in [2.45, 2.75) is 6.36 Å². The molecule has 2 N–H and O–H groups in total. The first-order valence-electron chi connectivity index (χ1n) is 9.08. The second kappa shape index (κ2) is 7.75. The lowest BCUT2D eigenvalue weighted by atomic mass is 10.0. The molecule has 3 aromatic rings. The van der Waals surface area contributed by atoms with Crippen LogP contribution in [0.1, 0.15) is 10.4 Å². The molecular formula is C21H15F3N2O5S. The van der Waals surface area contributed by atoms with Crippen LogP contribution in [0.3, 0.4) is 0 Å². The second-order valence-electron chi connectivity index (χ2n) is 6.93. The van der Waals surface area contributed by atoms with E-state index in [-0.39, 0.29) is 22.7 Å². The van der Waals surface area contributed by atoms with E-state index in [4.69, 9.17) is 4.74 Å². The first kappa shape index (κ1) is 21.5. The summed E-state index contributed by atoms with van der Waals surface area (Å²) >= 11 is 0. The third-order valence-corrected chi connectivity index (χ3v) is 4.99. The van der Waals surface area contributed by atoms with E-state index in [1.165, 1.54) is 12.1 Å². The van der Waals surface area contributed by atoms with Gasteiger partial charge in [-0.25, -0.2) is 8.42 Å². The first-order valence-corrected chi connectivity index (χ1v) is 11.0. The Morgan fingerprint density at radius 3 is 2.44 bits per heavy atom. The van der Waals surface area contributed by atoms with Crippen LogP contribution in [-0.2, 0) is 10.0 Å². The zero-order valence-electron chi connectivity index (χ0n) is 16.4. The average Bonchev–Trinajstić information content (AvgIpc) is 2.80. The molecule has 0 saturated heterocycles. The molecule has 1 aliphatic rings. The molecule has 11 heteroatoms. The Morgan fingerprint density at radius 1 is 0.969 bits per heavy atom. The normalized spacial score (nSPS) is 13.2. The van der Waals surface area contributed by atoms with Crippen LogP contribution in [0.4, 0.5) is 24.5 Å². The average molecular weight is 464 g/mol. The number of rotatable bonds is 4. The summed E-state index contributed by atoms with van der Waals surface area (Å²) in [6, 6.07) is 14.6. The largest absolute Gasteiger partial charge is 0.573 e. The highest BCUT2D eigenvalue weighted by Gasteiger charge is 2.32. The molecule has 3 aromatic carbocycles. The molecule has 0 unspecified atom stereocenters. The summed E-state index contributed by atoms with van der Waals surface area (Å²) in [7, 11) is -3.47. The summed E-state index contributed by atoms with van der Waals surface area (Å²) < 4.78 is 72.7. The summed E-state index contributed by atoms with van der Waals surface area (Å²) in [6.45, 7) is 0. The third kappa shape index (κ3) is 4.94. The Balaban J connectivity index is 1.71. The zero-order valence-corrected chi connectivity index (χ0v) is 17.2. The zero-order chi connectivity index (χ0) is 23.1. The minimum absolute atomic E-state index is 0.0245. The number of carbonyl (C=O) groups is 1. The van der Waals surface area contributed by atoms with Crippen LogP contribution in [0.15, 0.2) is 60.7 Å². The van der Waals surface area contributed by atoms with Gasteiger partial charge in [0.25, 0.3) is 5.91 Å². The second-order valence-corrected chi connectivity index (χ2v) is 8.68. The van der Waals surface area contributed by atoms with E-state index in [1.54, 1.807) is 36.4 Å². The fourth-order valence-corrected chi connectivity index (χ4v) is 3.70. The van der Waals surface area contributed by atoms with Crippen molar-refractivity contribution in [2.75, 3.05) is 16.3 Å². The number of nitrogens with one attached hydrogen (secondary N) is 2. The van der Waals surface area contributed by atoms with Gasteiger partial charge in [0.1, 0.15) is 11.5 Å². The maximum absolute atomic E-state index is 12.6. The van der Waals surface area contributed by atoms with Gasteiger partial charge in [-0.05, 0) is 47.5 Å². The summed E-state index contributed by atoms with van der Waals surface area (Å²) in [5.74, 6) is -0.903. The Kier molecular flexibility index (Phi) is 5.21. The van der Waals surface area contributed by atoms with Crippen molar-refractivity contribution in [2.24, 2.45) is 0 Å². The molecular weight excluding hydrogens is 449 g/mol. The van der Waals surface area contributed by atoms with Gasteiger partial charge in [0, 0.05) is 11.8 Å². The van der Waals surface area contributed by atoms with E-state index >= 15 is 0 Å². The maximum atomic E-state index is 12.6. The van der Waals surface area contributed by atoms with E-state index < -0.39 is 28.0 Å². The predicted octanol–water partition coefficient (Wildman–Crippen LogP) is 4.98. The van der Waals surface area contributed by atoms with Crippen molar-refractivity contribution >= 4 is 27.3 Å². The standard InChI is InChI=1S/C21H15F3N2O5S/c1-32(28,29)26-14-4-2-3-12(9-14)13-5-7-16-18(10-13)30-19-11-15(31-21(22,23)24)6-8-17(19)25-20(16)27/h2-11,26H,1H3,(H,25,27). The number of halogens is 3. The highest BCUT2D eigenvalue weighted by atomic mass is 32.2. The lowest BCUT2D eigenvalue weighted by Crippen LogP contribution is -2.17. The quantitative estimate of drug-likeness (QED) is 0.568. The fourth-order valence-electron chi connectivity index (χ4n) is 3.15. The molecule has 0 atom stereocenters. The highest BCUT2D eigenvalue weighted by Crippen LogP contribution is 2.40. The fraction of sp³-hybridized carbons (Fsp3) is 0.0952. The van der Waals surface area contributed by atoms with Crippen molar-refractivity contribution in [3.05, 3.63) is 66.2 Å². The number of hydrogen-bond acceptors (Lipinski definition) is 5. The minimum Gasteiger partial charge on any atom is -0.454 e. The molecule has 0 bridgehead atoms. The predicted molar refractivity (Wildman–Crippen MR) is 111 cm³/mol. The van der Waals surface area contributed by atoms with Crippen molar-refractivity contribution < 1.29 is 35.9 Å².